The summed E-state index contributed by atoms with van der Waals surface area (Å²) >= 11 is 12.3. The third kappa shape index (κ3) is 11.9. The van der Waals surface area contributed by atoms with Crippen molar-refractivity contribution in [2.75, 3.05) is 11.9 Å². The zero-order valence-electron chi connectivity index (χ0n) is 23.4. The Kier molecular flexibility index (Phi) is 16.3. The van der Waals surface area contributed by atoms with E-state index in [0.29, 0.717) is 28.5 Å². The van der Waals surface area contributed by atoms with E-state index in [9.17, 15) is 9.90 Å². The van der Waals surface area contributed by atoms with E-state index in [2.05, 4.69) is 12.2 Å². The van der Waals surface area contributed by atoms with Gasteiger partial charge in [-0.2, -0.15) is 0 Å². The second-order valence-electron chi connectivity index (χ2n) is 10.3. The molecule has 212 valence electrons. The molecule has 2 N–H and O–H groups in total. The lowest BCUT2D eigenvalue weighted by Gasteiger charge is -2.14. The van der Waals surface area contributed by atoms with Crippen molar-refractivity contribution in [3.8, 4) is 11.5 Å². The van der Waals surface area contributed by atoms with Crippen molar-refractivity contribution in [2.45, 2.75) is 117 Å². The van der Waals surface area contributed by atoms with Gasteiger partial charge >= 0.3 is 0 Å². The largest absolute Gasteiger partial charge is 0.504 e. The van der Waals surface area contributed by atoms with Gasteiger partial charge in [-0.3, -0.25) is 4.79 Å². The lowest BCUT2D eigenvalue weighted by molar-refractivity contribution is 0.102. The first-order valence-electron chi connectivity index (χ1n) is 14.7. The van der Waals surface area contributed by atoms with Gasteiger partial charge in [-0.15, -0.1) is 0 Å². The van der Waals surface area contributed by atoms with Gasteiger partial charge in [-0.25, -0.2) is 0 Å². The smallest absolute Gasteiger partial charge is 0.259 e. The number of carbonyl (C=O) groups is 1. The number of hydrogen-bond acceptors (Lipinski definition) is 3. The van der Waals surface area contributed by atoms with Crippen LogP contribution < -0.4 is 10.1 Å². The van der Waals surface area contributed by atoms with Crippen molar-refractivity contribution in [3.05, 3.63) is 51.5 Å². The summed E-state index contributed by atoms with van der Waals surface area (Å²) in [5.41, 5.74) is 1.13. The summed E-state index contributed by atoms with van der Waals surface area (Å²) in [4.78, 5) is 12.9. The van der Waals surface area contributed by atoms with Gasteiger partial charge in [0.2, 0.25) is 0 Å². The highest BCUT2D eigenvalue weighted by atomic mass is 35.5. The molecular weight excluding hydrogens is 517 g/mol. The molecule has 2 aromatic carbocycles. The predicted octanol–water partition coefficient (Wildman–Crippen LogP) is 10.9. The Balaban J connectivity index is 1.58. The first-order chi connectivity index (χ1) is 18.5. The van der Waals surface area contributed by atoms with Crippen LogP contribution in [-0.2, 0) is 0 Å². The third-order valence-corrected chi connectivity index (χ3v) is 7.91. The van der Waals surface area contributed by atoms with E-state index in [1.165, 1.54) is 96.0 Å². The maximum Gasteiger partial charge on any atom is 0.259 e. The van der Waals surface area contributed by atoms with Crippen LogP contribution in [0.1, 0.15) is 126 Å². The Labute approximate surface area is 240 Å². The fourth-order valence-electron chi connectivity index (χ4n) is 4.60. The van der Waals surface area contributed by atoms with E-state index in [-0.39, 0.29) is 22.4 Å². The Bertz CT molecular complexity index is 964. The van der Waals surface area contributed by atoms with Gasteiger partial charge in [-0.1, -0.05) is 139 Å². The number of aromatic hydroxyl groups is 1. The maximum atomic E-state index is 12.9. The summed E-state index contributed by atoms with van der Waals surface area (Å²) in [7, 11) is 0. The van der Waals surface area contributed by atoms with Crippen LogP contribution in [0.5, 0.6) is 11.5 Å². The minimum atomic E-state index is -0.390. The molecule has 2 rings (SSSR count). The van der Waals surface area contributed by atoms with E-state index in [1.807, 2.05) is 6.07 Å². The minimum absolute atomic E-state index is 0.126. The zero-order valence-corrected chi connectivity index (χ0v) is 24.9. The topological polar surface area (TPSA) is 58.6 Å². The van der Waals surface area contributed by atoms with Crippen LogP contribution >= 0.6 is 23.2 Å². The molecule has 0 aliphatic carbocycles. The molecule has 4 nitrogen and oxygen atoms in total. The average molecular weight is 565 g/mol. The normalized spacial score (nSPS) is 11.1. The minimum Gasteiger partial charge on any atom is -0.504 e. The van der Waals surface area contributed by atoms with Crippen LogP contribution in [0.25, 0.3) is 0 Å². The number of amides is 1. The van der Waals surface area contributed by atoms with Crippen molar-refractivity contribution >= 4 is 34.8 Å². The van der Waals surface area contributed by atoms with Gasteiger partial charge in [0.05, 0.1) is 22.9 Å². The van der Waals surface area contributed by atoms with Crippen LogP contribution in [0.15, 0.2) is 30.3 Å². The SMILES string of the molecule is CCCCCCCCCCCCCCCCCCOc1ccccc1C(=O)Nc1cc(Cl)c(C)c(Cl)c1O. The number of phenols is 1. The second kappa shape index (κ2) is 19.2. The standard InChI is InChI=1S/C32H47Cl2NO3/c1-3-4-5-6-7-8-9-10-11-12-13-14-15-16-17-20-23-38-29-22-19-18-21-26(29)32(37)35-28-24-27(33)25(2)30(34)31(28)36/h18-19,21-22,24,36H,3-17,20,23H2,1-2H3,(H,35,37). The van der Waals surface area contributed by atoms with E-state index >= 15 is 0 Å². The molecule has 0 saturated heterocycles. The number of rotatable bonds is 20. The maximum absolute atomic E-state index is 12.9. The predicted molar refractivity (Wildman–Crippen MR) is 162 cm³/mol. The first-order valence-corrected chi connectivity index (χ1v) is 15.4. The number of benzene rings is 2. The molecule has 0 aliphatic heterocycles. The number of unbranched alkanes of at least 4 members (excludes halogenated alkanes) is 15. The molecule has 0 heterocycles. The number of halogens is 2. The van der Waals surface area contributed by atoms with Gasteiger partial charge in [0, 0.05) is 5.02 Å². The summed E-state index contributed by atoms with van der Waals surface area (Å²) in [5.74, 6) is -0.0675. The molecule has 0 fully saturated rings. The Morgan fingerprint density at radius 1 is 0.816 bits per heavy atom. The van der Waals surface area contributed by atoms with Crippen LogP contribution in [0.3, 0.4) is 0 Å². The van der Waals surface area contributed by atoms with Gasteiger partial charge in [0.25, 0.3) is 5.91 Å². The van der Waals surface area contributed by atoms with Gasteiger partial charge in [0.15, 0.2) is 5.75 Å². The summed E-state index contributed by atoms with van der Waals surface area (Å²) in [6, 6.07) is 8.61. The molecular formula is C32H47Cl2NO3. The number of carbonyl (C=O) groups excluding carboxylic acids is 1. The van der Waals surface area contributed by atoms with Crippen molar-refractivity contribution in [1.29, 1.82) is 0 Å². The number of hydrogen-bond donors (Lipinski definition) is 2. The van der Waals surface area contributed by atoms with Crippen molar-refractivity contribution in [1.82, 2.24) is 0 Å². The van der Waals surface area contributed by atoms with Crippen LogP contribution in [-0.4, -0.2) is 17.6 Å². The van der Waals surface area contributed by atoms with Crippen molar-refractivity contribution in [2.24, 2.45) is 0 Å². The lowest BCUT2D eigenvalue weighted by atomic mass is 10.0. The third-order valence-electron chi connectivity index (χ3n) is 7.06. The molecule has 2 aromatic rings. The summed E-state index contributed by atoms with van der Waals surface area (Å²) < 4.78 is 5.94. The number of para-hydroxylation sites is 1. The van der Waals surface area contributed by atoms with Crippen molar-refractivity contribution < 1.29 is 14.6 Å². The van der Waals surface area contributed by atoms with E-state index in [1.54, 1.807) is 25.1 Å². The Morgan fingerprint density at radius 2 is 1.32 bits per heavy atom. The number of ether oxygens (including phenoxy) is 1. The fraction of sp³-hybridized carbons (Fsp3) is 0.594. The Hall–Kier alpha value is -1.91. The lowest BCUT2D eigenvalue weighted by Crippen LogP contribution is -2.14. The highest BCUT2D eigenvalue weighted by Crippen LogP contribution is 2.39. The zero-order chi connectivity index (χ0) is 27.6. The molecule has 0 radical (unpaired) electrons. The molecule has 38 heavy (non-hydrogen) atoms. The molecule has 0 bridgehead atoms. The summed E-state index contributed by atoms with van der Waals surface area (Å²) in [6.07, 6.45) is 21.2. The summed E-state index contributed by atoms with van der Waals surface area (Å²) in [6.45, 7) is 4.55. The number of anilines is 1. The monoisotopic (exact) mass is 563 g/mol. The highest BCUT2D eigenvalue weighted by molar-refractivity contribution is 6.37. The molecule has 0 atom stereocenters. The Morgan fingerprint density at radius 3 is 1.87 bits per heavy atom. The molecule has 0 unspecified atom stereocenters. The van der Waals surface area contributed by atoms with E-state index in [0.717, 1.165) is 12.8 Å². The quantitative estimate of drug-likeness (QED) is 0.124. The first kappa shape index (κ1) is 32.3. The average Bonchev–Trinajstić information content (AvgIpc) is 2.92. The molecule has 6 heteroatoms. The molecule has 0 saturated carbocycles. The van der Waals surface area contributed by atoms with Crippen LogP contribution in [0.4, 0.5) is 5.69 Å². The number of nitrogens with one attached hydrogen (secondary N) is 1. The highest BCUT2D eigenvalue weighted by Gasteiger charge is 2.17. The van der Waals surface area contributed by atoms with Gasteiger partial charge in [0.1, 0.15) is 5.75 Å². The second-order valence-corrected chi connectivity index (χ2v) is 11.1. The molecule has 0 spiro atoms. The van der Waals surface area contributed by atoms with E-state index in [4.69, 9.17) is 27.9 Å². The fourth-order valence-corrected chi connectivity index (χ4v) is 5.06. The molecule has 1 amide bonds. The van der Waals surface area contributed by atoms with Crippen molar-refractivity contribution in [3.63, 3.8) is 0 Å². The molecule has 0 aromatic heterocycles. The van der Waals surface area contributed by atoms with Gasteiger partial charge in [-0.05, 0) is 37.1 Å². The van der Waals surface area contributed by atoms with E-state index < -0.39 is 0 Å². The molecule has 0 aliphatic rings. The van der Waals surface area contributed by atoms with Gasteiger partial charge < -0.3 is 15.2 Å². The number of phenolic OH excluding ortho intramolecular Hbond substituents is 1. The van der Waals surface area contributed by atoms with Crippen LogP contribution in [0.2, 0.25) is 10.0 Å². The van der Waals surface area contributed by atoms with Crippen LogP contribution in [0, 0.1) is 6.92 Å². The summed E-state index contributed by atoms with van der Waals surface area (Å²) in [5, 5.41) is 13.5.